The van der Waals surface area contributed by atoms with Gasteiger partial charge in [-0.05, 0) is 40.6 Å². The number of carbonyl (C=O) groups is 1. The van der Waals surface area contributed by atoms with Crippen LogP contribution in [0.25, 0.3) is 0 Å². The maximum atomic E-state index is 11.9. The minimum Gasteiger partial charge on any atom is -0.324 e. The highest BCUT2D eigenvalue weighted by Gasteiger charge is 2.14. The molecule has 0 aliphatic carbocycles. The van der Waals surface area contributed by atoms with Gasteiger partial charge in [-0.2, -0.15) is 0 Å². The molecule has 2 heterocycles. The second-order valence-corrected chi connectivity index (χ2v) is 4.43. The molecule has 0 fully saturated rings. The van der Waals surface area contributed by atoms with E-state index >= 15 is 0 Å². The van der Waals surface area contributed by atoms with E-state index in [2.05, 4.69) is 32.2 Å². The van der Waals surface area contributed by atoms with Crippen molar-refractivity contribution in [3.8, 4) is 0 Å². The fourth-order valence-corrected chi connectivity index (χ4v) is 2.22. The Morgan fingerprint density at radius 3 is 3.26 bits per heavy atom. The number of nitrogens with zero attached hydrogens (tertiary/aromatic N) is 4. The van der Waals surface area contributed by atoms with Crippen LogP contribution >= 0.6 is 0 Å². The molecule has 3 rings (SSSR count). The Hall–Kier alpha value is -2.28. The molecule has 98 valence electrons. The first kappa shape index (κ1) is 11.8. The molecule has 1 aliphatic rings. The van der Waals surface area contributed by atoms with Gasteiger partial charge in [-0.3, -0.25) is 4.79 Å². The van der Waals surface area contributed by atoms with Crippen LogP contribution in [-0.2, 0) is 24.3 Å². The maximum absolute atomic E-state index is 11.9. The van der Waals surface area contributed by atoms with Crippen molar-refractivity contribution < 1.29 is 4.79 Å². The average Bonchev–Trinajstić information content (AvgIpc) is 2.92. The van der Waals surface area contributed by atoms with Crippen LogP contribution in [0.1, 0.15) is 11.1 Å². The molecule has 0 saturated heterocycles. The van der Waals surface area contributed by atoms with Crippen LogP contribution in [0.2, 0.25) is 0 Å². The number of carbonyl (C=O) groups excluding carboxylic acids is 1. The topological polar surface area (TPSA) is 84.7 Å². The largest absolute Gasteiger partial charge is 0.324 e. The molecule has 7 heteroatoms. The van der Waals surface area contributed by atoms with E-state index in [-0.39, 0.29) is 12.5 Å². The third kappa shape index (κ3) is 2.60. The molecule has 0 bridgehead atoms. The molecule has 1 aromatic carbocycles. The van der Waals surface area contributed by atoms with E-state index in [1.807, 2.05) is 12.1 Å². The normalized spacial score (nSPS) is 13.9. The summed E-state index contributed by atoms with van der Waals surface area (Å²) in [4.78, 5) is 11.9. The molecule has 0 unspecified atom stereocenters. The van der Waals surface area contributed by atoms with E-state index in [4.69, 9.17) is 0 Å². The standard InChI is InChI=1S/C12H14N6O/c19-12(7-18-8-14-16-17-18)15-11-3-1-2-9-4-5-13-6-10(9)11/h1-3,8,13H,4-7H2,(H,15,19). The minimum atomic E-state index is -0.133. The van der Waals surface area contributed by atoms with Gasteiger partial charge < -0.3 is 10.6 Å². The first-order valence-corrected chi connectivity index (χ1v) is 6.15. The molecule has 0 atom stereocenters. The number of amides is 1. The number of aromatic nitrogens is 4. The van der Waals surface area contributed by atoms with Crippen molar-refractivity contribution in [1.82, 2.24) is 25.5 Å². The summed E-state index contributed by atoms with van der Waals surface area (Å²) in [6.45, 7) is 1.88. The number of hydrogen-bond donors (Lipinski definition) is 2. The first-order chi connectivity index (χ1) is 9.33. The van der Waals surface area contributed by atoms with Gasteiger partial charge in [0.2, 0.25) is 5.91 Å². The fourth-order valence-electron chi connectivity index (χ4n) is 2.22. The molecule has 19 heavy (non-hydrogen) atoms. The van der Waals surface area contributed by atoms with Gasteiger partial charge in [0.25, 0.3) is 0 Å². The summed E-state index contributed by atoms with van der Waals surface area (Å²) in [5.74, 6) is -0.133. The molecule has 0 radical (unpaired) electrons. The smallest absolute Gasteiger partial charge is 0.246 e. The quantitative estimate of drug-likeness (QED) is 0.806. The van der Waals surface area contributed by atoms with E-state index in [0.717, 1.165) is 25.2 Å². The van der Waals surface area contributed by atoms with Crippen LogP contribution in [0, 0.1) is 0 Å². The fraction of sp³-hybridized carbons (Fsp3) is 0.333. The highest BCUT2D eigenvalue weighted by atomic mass is 16.2. The SMILES string of the molecule is O=C(Cn1cnnn1)Nc1cccc2c1CNCC2. The molecule has 2 N–H and O–H groups in total. The summed E-state index contributed by atoms with van der Waals surface area (Å²) in [5, 5.41) is 16.9. The van der Waals surface area contributed by atoms with Crippen molar-refractivity contribution in [2.75, 3.05) is 11.9 Å². The number of rotatable bonds is 3. The van der Waals surface area contributed by atoms with E-state index in [0.29, 0.717) is 0 Å². The van der Waals surface area contributed by atoms with Crippen LogP contribution in [0.4, 0.5) is 5.69 Å². The number of benzene rings is 1. The summed E-state index contributed by atoms with van der Waals surface area (Å²) in [5.41, 5.74) is 3.32. The third-order valence-corrected chi connectivity index (χ3v) is 3.12. The van der Waals surface area contributed by atoms with Crippen LogP contribution < -0.4 is 10.6 Å². The summed E-state index contributed by atoms with van der Waals surface area (Å²) in [7, 11) is 0. The monoisotopic (exact) mass is 258 g/mol. The number of nitrogens with one attached hydrogen (secondary N) is 2. The number of fused-ring (bicyclic) bond motifs is 1. The highest BCUT2D eigenvalue weighted by Crippen LogP contribution is 2.22. The zero-order valence-electron chi connectivity index (χ0n) is 10.3. The van der Waals surface area contributed by atoms with Crippen molar-refractivity contribution in [3.63, 3.8) is 0 Å². The highest BCUT2D eigenvalue weighted by molar-refractivity contribution is 5.91. The molecule has 0 saturated carbocycles. The molecule has 2 aromatic rings. The first-order valence-electron chi connectivity index (χ1n) is 6.15. The molecule has 1 amide bonds. The average molecular weight is 258 g/mol. The lowest BCUT2D eigenvalue weighted by Crippen LogP contribution is -2.26. The summed E-state index contributed by atoms with van der Waals surface area (Å²) >= 11 is 0. The third-order valence-electron chi connectivity index (χ3n) is 3.12. The Morgan fingerprint density at radius 1 is 1.47 bits per heavy atom. The molecule has 1 aliphatic heterocycles. The van der Waals surface area contributed by atoms with Gasteiger partial charge in [0.15, 0.2) is 0 Å². The van der Waals surface area contributed by atoms with Crippen LogP contribution in [0.3, 0.4) is 0 Å². The van der Waals surface area contributed by atoms with Gasteiger partial charge in [-0.25, -0.2) is 4.68 Å². The Labute approximate surface area is 110 Å². The summed E-state index contributed by atoms with van der Waals surface area (Å²) in [6, 6.07) is 5.99. The van der Waals surface area contributed by atoms with Crippen molar-refractivity contribution in [2.24, 2.45) is 0 Å². The molecule has 0 spiro atoms. The number of tetrazole rings is 1. The van der Waals surface area contributed by atoms with Crippen molar-refractivity contribution >= 4 is 11.6 Å². The maximum Gasteiger partial charge on any atom is 0.246 e. The van der Waals surface area contributed by atoms with E-state index in [1.165, 1.54) is 22.1 Å². The van der Waals surface area contributed by atoms with E-state index in [1.54, 1.807) is 0 Å². The minimum absolute atomic E-state index is 0.115. The van der Waals surface area contributed by atoms with Crippen molar-refractivity contribution in [2.45, 2.75) is 19.5 Å². The van der Waals surface area contributed by atoms with E-state index < -0.39 is 0 Å². The second kappa shape index (κ2) is 5.15. The van der Waals surface area contributed by atoms with Crippen LogP contribution in [0.5, 0.6) is 0 Å². The zero-order chi connectivity index (χ0) is 13.1. The molecular formula is C12H14N6O. The Kier molecular flexibility index (Phi) is 3.20. The lowest BCUT2D eigenvalue weighted by atomic mass is 9.99. The van der Waals surface area contributed by atoms with Gasteiger partial charge in [0, 0.05) is 12.2 Å². The molecular weight excluding hydrogens is 244 g/mol. The van der Waals surface area contributed by atoms with Crippen molar-refractivity contribution in [1.29, 1.82) is 0 Å². The zero-order valence-corrected chi connectivity index (χ0v) is 10.3. The van der Waals surface area contributed by atoms with Gasteiger partial charge in [0.1, 0.15) is 12.9 Å². The number of hydrogen-bond acceptors (Lipinski definition) is 5. The number of anilines is 1. The van der Waals surface area contributed by atoms with Gasteiger partial charge in [0.05, 0.1) is 0 Å². The predicted octanol–water partition coefficient (Wildman–Crippen LogP) is -0.0425. The van der Waals surface area contributed by atoms with E-state index in [9.17, 15) is 4.79 Å². The lowest BCUT2D eigenvalue weighted by molar-refractivity contribution is -0.116. The summed E-state index contributed by atoms with van der Waals surface area (Å²) in [6.07, 6.45) is 2.41. The summed E-state index contributed by atoms with van der Waals surface area (Å²) < 4.78 is 1.39. The van der Waals surface area contributed by atoms with Crippen LogP contribution in [0.15, 0.2) is 24.5 Å². The molecule has 7 nitrogen and oxygen atoms in total. The van der Waals surface area contributed by atoms with Crippen molar-refractivity contribution in [3.05, 3.63) is 35.7 Å². The predicted molar refractivity (Wildman–Crippen MR) is 68.3 cm³/mol. The second-order valence-electron chi connectivity index (χ2n) is 4.43. The molecule has 1 aromatic heterocycles. The Balaban J connectivity index is 1.74. The van der Waals surface area contributed by atoms with Gasteiger partial charge in [-0.15, -0.1) is 5.10 Å². The Bertz CT molecular complexity index is 580. The van der Waals surface area contributed by atoms with Gasteiger partial charge in [-0.1, -0.05) is 12.1 Å². The lowest BCUT2D eigenvalue weighted by Gasteiger charge is -2.20. The van der Waals surface area contributed by atoms with Gasteiger partial charge >= 0.3 is 0 Å². The Morgan fingerprint density at radius 2 is 2.42 bits per heavy atom. The van der Waals surface area contributed by atoms with Crippen LogP contribution in [-0.4, -0.2) is 32.7 Å².